The number of hydrogen-bond acceptors (Lipinski definition) is 3. The van der Waals surface area contributed by atoms with E-state index in [0.29, 0.717) is 30.7 Å². The minimum Gasteiger partial charge on any atom is -0.481 e. The second kappa shape index (κ2) is 6.08. The van der Waals surface area contributed by atoms with Crippen molar-refractivity contribution in [3.8, 4) is 0 Å². The van der Waals surface area contributed by atoms with Gasteiger partial charge in [-0.25, -0.2) is 5.21 Å². The number of carboxylic acids is 1. The normalized spacial score (nSPS) is 24.9. The van der Waals surface area contributed by atoms with Gasteiger partial charge in [-0.05, 0) is 46.5 Å². The molecule has 1 fully saturated rings. The zero-order valence-electron chi connectivity index (χ0n) is 12.0. The molecule has 0 aliphatic heterocycles. The zero-order chi connectivity index (χ0) is 14.6. The molecule has 0 radical (unpaired) electrons. The van der Waals surface area contributed by atoms with E-state index in [1.54, 1.807) is 7.05 Å². The summed E-state index contributed by atoms with van der Waals surface area (Å²) >= 11 is 0. The van der Waals surface area contributed by atoms with Gasteiger partial charge < -0.3 is 9.94 Å². The maximum Gasteiger partial charge on any atom is 0.306 e. The first-order valence-electron chi connectivity index (χ1n) is 6.54. The Balaban J connectivity index is 2.43. The fourth-order valence-corrected chi connectivity index (χ4v) is 1.85. The van der Waals surface area contributed by atoms with E-state index >= 15 is 0 Å². The highest BCUT2D eigenvalue weighted by molar-refractivity contribution is 5.69. The number of rotatable bonds is 4. The number of aliphatic carboxylic acids is 1. The molecule has 0 amide bonds. The fourth-order valence-electron chi connectivity index (χ4n) is 1.85. The highest BCUT2D eigenvalue weighted by atomic mass is 16.7. The second-order valence-corrected chi connectivity index (χ2v) is 5.96. The van der Waals surface area contributed by atoms with Crippen molar-refractivity contribution in [3.63, 3.8) is 0 Å². The topological polar surface area (TPSA) is 85.4 Å². The van der Waals surface area contributed by atoms with E-state index in [1.807, 2.05) is 20.8 Å². The van der Waals surface area contributed by atoms with Gasteiger partial charge >= 0.3 is 5.97 Å². The Morgan fingerprint density at radius 3 is 2.26 bits per heavy atom. The maximum absolute atomic E-state index is 10.8. The van der Waals surface area contributed by atoms with Gasteiger partial charge in [-0.15, -0.1) is 5.01 Å². The van der Waals surface area contributed by atoms with Gasteiger partial charge in [-0.2, -0.15) is 0 Å². The van der Waals surface area contributed by atoms with Crippen molar-refractivity contribution in [2.75, 3.05) is 7.05 Å². The summed E-state index contributed by atoms with van der Waals surface area (Å²) in [7, 11) is 1.70. The Labute approximate surface area is 113 Å². The van der Waals surface area contributed by atoms with Gasteiger partial charge in [0.2, 0.25) is 0 Å². The van der Waals surface area contributed by atoms with Crippen LogP contribution in [-0.2, 0) is 9.63 Å². The highest BCUT2D eigenvalue weighted by Gasteiger charge is 2.30. The third-order valence-electron chi connectivity index (χ3n) is 3.53. The fraction of sp³-hybridized carbons (Fsp3) is 0.917. The summed E-state index contributed by atoms with van der Waals surface area (Å²) in [6.45, 7) is 5.80. The van der Waals surface area contributed by atoms with Crippen LogP contribution in [0.1, 0.15) is 46.5 Å². The summed E-state index contributed by atoms with van der Waals surface area (Å²) in [6, 6.07) is 0. The molecular weight excluding hydrogens is 250 g/mol. The lowest BCUT2D eigenvalue weighted by molar-refractivity contribution is -0.946. The Bertz CT molecular complexity index is 343. The van der Waals surface area contributed by atoms with Crippen molar-refractivity contribution in [2.24, 2.45) is 11.2 Å². The quantitative estimate of drug-likeness (QED) is 0.465. The minimum absolute atomic E-state index is 0.126. The molecule has 0 aromatic heterocycles. The van der Waals surface area contributed by atoms with Gasteiger partial charge in [0.25, 0.3) is 10.2 Å². The predicted molar refractivity (Wildman–Crippen MR) is 66.5 cm³/mol. The number of carbonyl (C=O) groups is 1. The van der Waals surface area contributed by atoms with Crippen LogP contribution in [0.5, 0.6) is 0 Å². The van der Waals surface area contributed by atoms with Crippen molar-refractivity contribution in [3.05, 3.63) is 0 Å². The van der Waals surface area contributed by atoms with Crippen LogP contribution in [0.4, 0.5) is 0 Å². The van der Waals surface area contributed by atoms with Gasteiger partial charge in [0.15, 0.2) is 0 Å². The van der Waals surface area contributed by atoms with Crippen LogP contribution in [0.25, 0.3) is 0 Å². The van der Waals surface area contributed by atoms with Crippen LogP contribution in [0.2, 0.25) is 0 Å². The Kier molecular flexibility index (Phi) is 4.97. The Morgan fingerprint density at radius 2 is 1.84 bits per heavy atom. The van der Waals surface area contributed by atoms with Crippen LogP contribution in [-0.4, -0.2) is 45.0 Å². The monoisotopic (exact) mass is 274 g/mol. The van der Waals surface area contributed by atoms with E-state index in [-0.39, 0.29) is 17.6 Å². The molecule has 7 nitrogen and oxygen atoms in total. The van der Waals surface area contributed by atoms with Crippen molar-refractivity contribution in [2.45, 2.75) is 58.1 Å². The molecule has 0 saturated heterocycles. The highest BCUT2D eigenvalue weighted by Crippen LogP contribution is 2.26. The third-order valence-corrected chi connectivity index (χ3v) is 3.53. The second-order valence-electron chi connectivity index (χ2n) is 5.96. The Morgan fingerprint density at radius 1 is 1.32 bits per heavy atom. The standard InChI is InChI=1S/C12H23N3O4/c1-12(2,3)14(4)15(18)13-19-10-7-5-9(6-8-10)11(16)17/h9-10H,5-8H2,1-4H3,(H-,13,16,17,18)/p+1/t9-,10+. The van der Waals surface area contributed by atoms with Crippen LogP contribution >= 0.6 is 0 Å². The first kappa shape index (κ1) is 15.5. The summed E-state index contributed by atoms with van der Waals surface area (Å²) in [5, 5.41) is 23.8. The minimum atomic E-state index is -0.744. The molecule has 19 heavy (non-hydrogen) atoms. The van der Waals surface area contributed by atoms with Crippen molar-refractivity contribution in [1.82, 2.24) is 5.01 Å². The predicted octanol–water partition coefficient (Wildman–Crippen LogP) is 2.06. The van der Waals surface area contributed by atoms with E-state index in [9.17, 15) is 10.0 Å². The smallest absolute Gasteiger partial charge is 0.306 e. The molecular formula is C12H24N3O4+. The first-order chi connectivity index (χ1) is 8.71. The Hall–Kier alpha value is -1.53. The van der Waals surface area contributed by atoms with Crippen LogP contribution in [0.15, 0.2) is 5.28 Å². The van der Waals surface area contributed by atoms with Crippen LogP contribution < -0.4 is 0 Å². The lowest BCUT2D eigenvalue weighted by Crippen LogP contribution is -2.43. The number of hydrazine groups is 1. The number of carboxylic acid groups (broad SMARTS) is 1. The van der Waals surface area contributed by atoms with Gasteiger partial charge in [0.05, 0.1) is 18.5 Å². The average Bonchev–Trinajstić information content (AvgIpc) is 2.34. The molecule has 0 spiro atoms. The summed E-state index contributed by atoms with van der Waals surface area (Å²) in [6.07, 6.45) is 2.35. The molecule has 1 rings (SSSR count). The molecule has 0 heterocycles. The summed E-state index contributed by atoms with van der Waals surface area (Å²) < 4.78 is 0. The van der Waals surface area contributed by atoms with Crippen molar-refractivity contribution < 1.29 is 24.9 Å². The number of nitrogens with zero attached hydrogens (tertiary/aromatic N) is 3. The lowest BCUT2D eigenvalue weighted by Gasteiger charge is -2.24. The number of hydrogen-bond donors (Lipinski definition) is 2. The van der Waals surface area contributed by atoms with Gasteiger partial charge in [0, 0.05) is 0 Å². The average molecular weight is 274 g/mol. The van der Waals surface area contributed by atoms with E-state index in [1.165, 1.54) is 5.01 Å². The summed E-state index contributed by atoms with van der Waals surface area (Å²) in [5.41, 5.74) is -0.275. The molecule has 1 aliphatic rings. The zero-order valence-corrected chi connectivity index (χ0v) is 12.0. The summed E-state index contributed by atoms with van der Waals surface area (Å²) in [4.78, 5) is 16.7. The molecule has 1 aliphatic carbocycles. The van der Waals surface area contributed by atoms with Gasteiger partial charge in [-0.3, -0.25) is 4.79 Å². The molecule has 0 aromatic carbocycles. The molecule has 110 valence electrons. The van der Waals surface area contributed by atoms with Crippen molar-refractivity contribution in [1.29, 1.82) is 0 Å². The van der Waals surface area contributed by atoms with Crippen LogP contribution in [0.3, 0.4) is 0 Å². The van der Waals surface area contributed by atoms with E-state index in [4.69, 9.17) is 9.94 Å². The molecule has 0 bridgehead atoms. The molecule has 0 aromatic rings. The molecule has 7 heteroatoms. The first-order valence-corrected chi connectivity index (χ1v) is 6.54. The SMILES string of the molecule is CN(/[N+](O)=N/O[C@H]1CC[C@@H](C(=O)O)CC1)C(C)(C)C. The molecule has 0 unspecified atom stereocenters. The van der Waals surface area contributed by atoms with E-state index < -0.39 is 5.97 Å². The van der Waals surface area contributed by atoms with Crippen LogP contribution in [0, 0.1) is 5.92 Å². The van der Waals surface area contributed by atoms with E-state index in [2.05, 4.69) is 5.28 Å². The van der Waals surface area contributed by atoms with Gasteiger partial charge in [-0.1, -0.05) is 0 Å². The maximum atomic E-state index is 10.8. The van der Waals surface area contributed by atoms with E-state index in [0.717, 1.165) is 0 Å². The molecule has 2 N–H and O–H groups in total. The lowest BCUT2D eigenvalue weighted by atomic mass is 9.88. The molecule has 0 atom stereocenters. The van der Waals surface area contributed by atoms with Gasteiger partial charge in [0.1, 0.15) is 6.10 Å². The largest absolute Gasteiger partial charge is 0.481 e. The van der Waals surface area contributed by atoms with Crippen molar-refractivity contribution >= 4 is 5.97 Å². The molecule has 1 saturated carbocycles. The summed E-state index contributed by atoms with van der Waals surface area (Å²) in [5.74, 6) is -1.02. The third kappa shape index (κ3) is 4.57.